The molecule has 3 rings (SSSR count). The lowest BCUT2D eigenvalue weighted by molar-refractivity contribution is -0.200. The van der Waals surface area contributed by atoms with Crippen molar-refractivity contribution in [2.45, 2.75) is 38.2 Å². The molecule has 2 aliphatic heterocycles. The minimum Gasteiger partial charge on any atom is -0.481 e. The zero-order chi connectivity index (χ0) is 11.8. The number of fused-ring (bicyclic) bond motifs is 3. The fraction of sp³-hybridized carbons (Fsp3) is 0.818. The van der Waals surface area contributed by atoms with Crippen LogP contribution in [0.15, 0.2) is 0 Å². The molecule has 1 amide bonds. The Balaban J connectivity index is 2.00. The van der Waals surface area contributed by atoms with Crippen molar-refractivity contribution < 1.29 is 19.4 Å². The molecule has 16 heavy (non-hydrogen) atoms. The van der Waals surface area contributed by atoms with Crippen molar-refractivity contribution in [2.75, 3.05) is 13.2 Å². The Bertz CT molecular complexity index is 301. The van der Waals surface area contributed by atoms with Crippen LogP contribution in [0.25, 0.3) is 0 Å². The Morgan fingerprint density at radius 1 is 1.31 bits per heavy atom. The summed E-state index contributed by atoms with van der Waals surface area (Å²) >= 11 is 0. The Kier molecular flexibility index (Phi) is 2.66. The van der Waals surface area contributed by atoms with Gasteiger partial charge in [-0.25, -0.2) is 0 Å². The second kappa shape index (κ2) is 3.73. The third-order valence-electron chi connectivity index (χ3n) is 3.89. The topological polar surface area (TPSA) is 75.6 Å². The van der Waals surface area contributed by atoms with Gasteiger partial charge >= 0.3 is 5.97 Å². The molecule has 2 saturated heterocycles. The van der Waals surface area contributed by atoms with Crippen LogP contribution in [0.1, 0.15) is 32.6 Å². The van der Waals surface area contributed by atoms with E-state index in [1.165, 1.54) is 6.92 Å². The van der Waals surface area contributed by atoms with E-state index >= 15 is 0 Å². The number of ether oxygens (including phenoxy) is 1. The summed E-state index contributed by atoms with van der Waals surface area (Å²) in [6, 6.07) is 0. The van der Waals surface area contributed by atoms with Crippen LogP contribution in [0.3, 0.4) is 0 Å². The van der Waals surface area contributed by atoms with Gasteiger partial charge in [0.2, 0.25) is 5.91 Å². The fourth-order valence-electron chi connectivity index (χ4n) is 2.55. The summed E-state index contributed by atoms with van der Waals surface area (Å²) < 4.78 is 5.68. The molecular formula is C11H17NO4. The molecule has 1 aliphatic carbocycles. The van der Waals surface area contributed by atoms with E-state index in [-0.39, 0.29) is 18.1 Å². The number of rotatable bonds is 3. The van der Waals surface area contributed by atoms with Crippen molar-refractivity contribution in [1.29, 1.82) is 0 Å². The van der Waals surface area contributed by atoms with E-state index in [2.05, 4.69) is 5.32 Å². The first kappa shape index (κ1) is 11.4. The van der Waals surface area contributed by atoms with Gasteiger partial charge in [0.1, 0.15) is 0 Å². The first-order chi connectivity index (χ1) is 7.48. The van der Waals surface area contributed by atoms with E-state index in [0.717, 1.165) is 12.8 Å². The SMILES string of the molecule is CC(=O)NCC12CCC(C(=O)O)(CC1)CO2. The average Bonchev–Trinajstić information content (AvgIpc) is 2.29. The molecule has 0 aromatic rings. The molecular weight excluding hydrogens is 210 g/mol. The van der Waals surface area contributed by atoms with Crippen LogP contribution in [0, 0.1) is 5.41 Å². The van der Waals surface area contributed by atoms with Gasteiger partial charge in [0, 0.05) is 13.5 Å². The van der Waals surface area contributed by atoms with Crippen LogP contribution in [0.5, 0.6) is 0 Å². The van der Waals surface area contributed by atoms with Crippen molar-refractivity contribution in [1.82, 2.24) is 5.32 Å². The molecule has 90 valence electrons. The Labute approximate surface area is 94.2 Å². The van der Waals surface area contributed by atoms with Crippen molar-refractivity contribution in [3.63, 3.8) is 0 Å². The number of carbonyl (C=O) groups excluding carboxylic acids is 1. The molecule has 5 heteroatoms. The lowest BCUT2D eigenvalue weighted by Crippen LogP contribution is -2.58. The van der Waals surface area contributed by atoms with Gasteiger partial charge in [-0.15, -0.1) is 0 Å². The Hall–Kier alpha value is -1.10. The van der Waals surface area contributed by atoms with Crippen LogP contribution >= 0.6 is 0 Å². The number of carbonyl (C=O) groups is 2. The third-order valence-corrected chi connectivity index (χ3v) is 3.89. The number of carboxylic acids is 1. The highest BCUT2D eigenvalue weighted by atomic mass is 16.5. The van der Waals surface area contributed by atoms with E-state index < -0.39 is 11.4 Å². The predicted molar refractivity (Wildman–Crippen MR) is 55.9 cm³/mol. The zero-order valence-electron chi connectivity index (χ0n) is 9.41. The first-order valence-electron chi connectivity index (χ1n) is 5.60. The molecule has 2 N–H and O–H groups in total. The maximum Gasteiger partial charge on any atom is 0.311 e. The predicted octanol–water partition coefficient (Wildman–Crippen LogP) is 0.536. The highest BCUT2D eigenvalue weighted by Crippen LogP contribution is 2.48. The second-order valence-electron chi connectivity index (χ2n) is 4.97. The molecule has 0 aromatic heterocycles. The summed E-state index contributed by atoms with van der Waals surface area (Å²) in [5.74, 6) is -0.820. The molecule has 0 spiro atoms. The van der Waals surface area contributed by atoms with Crippen molar-refractivity contribution in [2.24, 2.45) is 5.41 Å². The molecule has 0 atom stereocenters. The summed E-state index contributed by atoms with van der Waals surface area (Å²) in [5.41, 5.74) is -0.985. The second-order valence-corrected chi connectivity index (χ2v) is 4.97. The normalized spacial score (nSPS) is 37.1. The minimum atomic E-state index is -0.750. The maximum absolute atomic E-state index is 11.2. The monoisotopic (exact) mass is 227 g/mol. The molecule has 5 nitrogen and oxygen atoms in total. The highest BCUT2D eigenvalue weighted by molar-refractivity contribution is 5.75. The summed E-state index contributed by atoms with van der Waals surface area (Å²) in [6.45, 7) is 2.25. The average molecular weight is 227 g/mol. The number of nitrogens with one attached hydrogen (secondary N) is 1. The zero-order valence-corrected chi connectivity index (χ0v) is 9.41. The highest BCUT2D eigenvalue weighted by Gasteiger charge is 2.53. The van der Waals surface area contributed by atoms with Gasteiger partial charge in [-0.2, -0.15) is 0 Å². The number of hydrogen-bond acceptors (Lipinski definition) is 3. The summed E-state index contributed by atoms with van der Waals surface area (Å²) in [6.07, 6.45) is 2.75. The van der Waals surface area contributed by atoms with E-state index in [1.807, 2.05) is 0 Å². The van der Waals surface area contributed by atoms with Crippen LogP contribution in [0.2, 0.25) is 0 Å². The van der Waals surface area contributed by atoms with Crippen LogP contribution in [0.4, 0.5) is 0 Å². The molecule has 0 radical (unpaired) electrons. The van der Waals surface area contributed by atoms with Gasteiger partial charge in [-0.05, 0) is 25.7 Å². The van der Waals surface area contributed by atoms with Gasteiger partial charge in [0.25, 0.3) is 0 Å². The van der Waals surface area contributed by atoms with Gasteiger partial charge in [-0.3, -0.25) is 9.59 Å². The fourth-order valence-corrected chi connectivity index (χ4v) is 2.55. The molecule has 2 bridgehead atoms. The third kappa shape index (κ3) is 1.80. The summed E-state index contributed by atoms with van der Waals surface area (Å²) in [4.78, 5) is 22.0. The van der Waals surface area contributed by atoms with Gasteiger partial charge in [-0.1, -0.05) is 0 Å². The quantitative estimate of drug-likeness (QED) is 0.737. The largest absolute Gasteiger partial charge is 0.481 e. The van der Waals surface area contributed by atoms with Crippen molar-refractivity contribution in [3.05, 3.63) is 0 Å². The van der Waals surface area contributed by atoms with E-state index in [9.17, 15) is 9.59 Å². The molecule has 3 fully saturated rings. The molecule has 0 unspecified atom stereocenters. The molecule has 1 saturated carbocycles. The Morgan fingerprint density at radius 3 is 2.31 bits per heavy atom. The van der Waals surface area contributed by atoms with Crippen LogP contribution < -0.4 is 5.32 Å². The van der Waals surface area contributed by atoms with Crippen LogP contribution in [-0.4, -0.2) is 35.7 Å². The number of hydrogen-bond donors (Lipinski definition) is 2. The number of carboxylic acid groups (broad SMARTS) is 1. The first-order valence-corrected chi connectivity index (χ1v) is 5.60. The Morgan fingerprint density at radius 2 is 1.94 bits per heavy atom. The van der Waals surface area contributed by atoms with Gasteiger partial charge in [0.05, 0.1) is 17.6 Å². The standard InChI is InChI=1S/C11H17NO4/c1-8(13)12-6-11-4-2-10(3-5-11,7-16-11)9(14)15/h2-7H2,1H3,(H,12,13)(H,14,15). The molecule has 2 heterocycles. The summed E-state index contributed by atoms with van der Waals surface area (Å²) in [7, 11) is 0. The van der Waals surface area contributed by atoms with Crippen molar-refractivity contribution >= 4 is 11.9 Å². The smallest absolute Gasteiger partial charge is 0.311 e. The molecule has 3 aliphatic rings. The van der Waals surface area contributed by atoms with Crippen LogP contribution in [-0.2, 0) is 14.3 Å². The van der Waals surface area contributed by atoms with Crippen molar-refractivity contribution in [3.8, 4) is 0 Å². The molecule has 0 aromatic carbocycles. The lowest BCUT2D eigenvalue weighted by atomic mass is 9.66. The summed E-state index contributed by atoms with van der Waals surface area (Å²) in [5, 5.41) is 11.9. The maximum atomic E-state index is 11.2. The number of aliphatic carboxylic acids is 1. The van der Waals surface area contributed by atoms with Gasteiger partial charge < -0.3 is 15.2 Å². The number of amides is 1. The lowest BCUT2D eigenvalue weighted by Gasteiger charge is -2.51. The van der Waals surface area contributed by atoms with Gasteiger partial charge in [0.15, 0.2) is 0 Å². The van der Waals surface area contributed by atoms with E-state index in [4.69, 9.17) is 9.84 Å². The van der Waals surface area contributed by atoms with E-state index in [1.54, 1.807) is 0 Å². The minimum absolute atomic E-state index is 0.0707. The van der Waals surface area contributed by atoms with E-state index in [0.29, 0.717) is 19.4 Å².